The van der Waals surface area contributed by atoms with Crippen LogP contribution in [0.5, 0.6) is 0 Å². The number of benzene rings is 2. The highest BCUT2D eigenvalue weighted by Crippen LogP contribution is 2.27. The molecular weight excluding hydrogens is 417 g/mol. The molecule has 0 radical (unpaired) electrons. The summed E-state index contributed by atoms with van der Waals surface area (Å²) in [6.07, 6.45) is 0. The summed E-state index contributed by atoms with van der Waals surface area (Å²) in [5.41, 5.74) is 2.96. The van der Waals surface area contributed by atoms with Crippen molar-refractivity contribution in [3.05, 3.63) is 58.6 Å². The number of hydrogen-bond donors (Lipinski definition) is 5. The SMILES string of the molecule is CC(=N)N1C(=N)CN=C(c2ccc(Cl)cc2)c2cc(B(O)O)ccc21.CCNC(C)=O. The van der Waals surface area contributed by atoms with E-state index < -0.39 is 7.12 Å². The molecule has 0 saturated carbocycles. The number of hydrogen-bond acceptors (Lipinski definition) is 6. The monoisotopic (exact) mass is 441 g/mol. The van der Waals surface area contributed by atoms with Gasteiger partial charge >= 0.3 is 7.12 Å². The second-order valence-electron chi connectivity index (χ2n) is 6.78. The van der Waals surface area contributed by atoms with Crippen molar-refractivity contribution >= 4 is 53.2 Å². The molecule has 0 spiro atoms. The maximum Gasteiger partial charge on any atom is 0.488 e. The van der Waals surface area contributed by atoms with Crippen molar-refractivity contribution < 1.29 is 14.8 Å². The molecule has 2 aromatic carbocycles. The summed E-state index contributed by atoms with van der Waals surface area (Å²) in [7, 11) is -1.62. The van der Waals surface area contributed by atoms with Crippen molar-refractivity contribution in [2.45, 2.75) is 20.8 Å². The molecule has 3 rings (SSSR count). The number of halogens is 1. The Morgan fingerprint density at radius 3 is 2.35 bits per heavy atom. The summed E-state index contributed by atoms with van der Waals surface area (Å²) in [4.78, 5) is 16.0. The zero-order valence-corrected chi connectivity index (χ0v) is 18.4. The van der Waals surface area contributed by atoms with Crippen LogP contribution in [0, 0.1) is 10.8 Å². The first-order chi connectivity index (χ1) is 14.6. The highest BCUT2D eigenvalue weighted by atomic mass is 35.5. The van der Waals surface area contributed by atoms with Gasteiger partial charge in [-0.1, -0.05) is 35.9 Å². The molecule has 1 aliphatic heterocycles. The summed E-state index contributed by atoms with van der Waals surface area (Å²) in [6.45, 7) is 5.83. The van der Waals surface area contributed by atoms with Crippen LogP contribution in [-0.4, -0.2) is 53.5 Å². The number of carbonyl (C=O) groups excluding carboxylic acids is 1. The third-order valence-electron chi connectivity index (χ3n) is 4.35. The molecule has 0 fully saturated rings. The molecule has 162 valence electrons. The molecule has 0 aliphatic carbocycles. The molecule has 0 atom stereocenters. The second kappa shape index (κ2) is 10.9. The number of carbonyl (C=O) groups is 1. The van der Waals surface area contributed by atoms with Crippen molar-refractivity contribution in [1.82, 2.24) is 5.32 Å². The van der Waals surface area contributed by atoms with Gasteiger partial charge in [-0.3, -0.25) is 25.5 Å². The Labute approximate surface area is 186 Å². The van der Waals surface area contributed by atoms with E-state index in [9.17, 15) is 14.8 Å². The van der Waals surface area contributed by atoms with Crippen LogP contribution in [0.1, 0.15) is 31.9 Å². The average molecular weight is 442 g/mol. The lowest BCUT2D eigenvalue weighted by Gasteiger charge is -2.24. The van der Waals surface area contributed by atoms with E-state index in [1.165, 1.54) is 11.8 Å². The molecule has 31 heavy (non-hydrogen) atoms. The van der Waals surface area contributed by atoms with Gasteiger partial charge in [0.1, 0.15) is 11.7 Å². The van der Waals surface area contributed by atoms with Gasteiger partial charge in [0, 0.05) is 29.6 Å². The standard InChI is InChI=1S/C17H16BClN4O2.C4H9NO/c1-10(20)23-15-7-4-12(18(24)25)8-14(15)17(22-9-16(23)21)11-2-5-13(19)6-3-11;1-3-5-4(2)6/h2-8,20-21,24-25H,9H2,1H3;3H2,1-2H3,(H,5,6). The summed E-state index contributed by atoms with van der Waals surface area (Å²) >= 11 is 5.96. The predicted octanol–water partition coefficient (Wildman–Crippen LogP) is 1.79. The number of nitrogens with zero attached hydrogens (tertiary/aromatic N) is 2. The zero-order valence-electron chi connectivity index (χ0n) is 17.6. The molecule has 0 unspecified atom stereocenters. The Bertz CT molecular complexity index is 1010. The number of benzodiazepines with no additional fused rings is 1. The molecule has 5 N–H and O–H groups in total. The first-order valence-corrected chi connectivity index (χ1v) is 10.0. The predicted molar refractivity (Wildman–Crippen MR) is 126 cm³/mol. The molecule has 1 amide bonds. The fraction of sp³-hybridized carbons (Fsp3) is 0.238. The first-order valence-electron chi connectivity index (χ1n) is 9.63. The molecule has 0 aromatic heterocycles. The van der Waals surface area contributed by atoms with E-state index in [1.54, 1.807) is 37.3 Å². The van der Waals surface area contributed by atoms with Crippen LogP contribution in [0.25, 0.3) is 0 Å². The normalized spacial score (nSPS) is 12.6. The minimum absolute atomic E-state index is 0.0394. The van der Waals surface area contributed by atoms with E-state index >= 15 is 0 Å². The third kappa shape index (κ3) is 6.24. The number of amides is 1. The highest BCUT2D eigenvalue weighted by molar-refractivity contribution is 6.58. The molecular formula is C21H25BClN5O3. The summed E-state index contributed by atoms with van der Waals surface area (Å²) in [5.74, 6) is 0.406. The largest absolute Gasteiger partial charge is 0.488 e. The fourth-order valence-electron chi connectivity index (χ4n) is 3.04. The van der Waals surface area contributed by atoms with E-state index in [0.717, 1.165) is 12.1 Å². The van der Waals surface area contributed by atoms with Crippen LogP contribution in [-0.2, 0) is 4.79 Å². The Morgan fingerprint density at radius 2 is 1.87 bits per heavy atom. The molecule has 2 aromatic rings. The van der Waals surface area contributed by atoms with E-state index in [0.29, 0.717) is 27.4 Å². The minimum Gasteiger partial charge on any atom is -0.423 e. The zero-order chi connectivity index (χ0) is 23.1. The van der Waals surface area contributed by atoms with Crippen LogP contribution in [0.15, 0.2) is 47.5 Å². The fourth-order valence-corrected chi connectivity index (χ4v) is 3.17. The van der Waals surface area contributed by atoms with Gasteiger partial charge in [-0.2, -0.15) is 0 Å². The highest BCUT2D eigenvalue weighted by Gasteiger charge is 2.26. The lowest BCUT2D eigenvalue weighted by Crippen LogP contribution is -2.37. The summed E-state index contributed by atoms with van der Waals surface area (Å²) in [6, 6.07) is 12.0. The van der Waals surface area contributed by atoms with Gasteiger partial charge in [0.05, 0.1) is 17.9 Å². The number of anilines is 1. The van der Waals surface area contributed by atoms with Crippen LogP contribution < -0.4 is 15.7 Å². The molecule has 0 saturated heterocycles. The van der Waals surface area contributed by atoms with Crippen LogP contribution in [0.3, 0.4) is 0 Å². The maximum absolute atomic E-state index is 9.93. The quantitative estimate of drug-likeness (QED) is 0.282. The lowest BCUT2D eigenvalue weighted by molar-refractivity contribution is -0.118. The number of nitrogens with one attached hydrogen (secondary N) is 3. The number of aliphatic imine (C=N–C) groups is 1. The van der Waals surface area contributed by atoms with Gasteiger partial charge in [0.15, 0.2) is 0 Å². The molecule has 0 bridgehead atoms. The van der Waals surface area contributed by atoms with Crippen molar-refractivity contribution in [2.24, 2.45) is 4.99 Å². The topological polar surface area (TPSA) is 133 Å². The van der Waals surface area contributed by atoms with Gasteiger partial charge < -0.3 is 15.4 Å². The van der Waals surface area contributed by atoms with E-state index in [4.69, 9.17) is 22.4 Å². The summed E-state index contributed by atoms with van der Waals surface area (Å²) in [5, 5.41) is 38.4. The number of fused-ring (bicyclic) bond motifs is 1. The Morgan fingerprint density at radius 1 is 1.23 bits per heavy atom. The summed E-state index contributed by atoms with van der Waals surface area (Å²) < 4.78 is 0. The Kier molecular flexibility index (Phi) is 8.50. The van der Waals surface area contributed by atoms with Crippen LogP contribution >= 0.6 is 11.6 Å². The maximum atomic E-state index is 9.93. The smallest absolute Gasteiger partial charge is 0.423 e. The molecule has 1 heterocycles. The second-order valence-corrected chi connectivity index (χ2v) is 7.21. The van der Waals surface area contributed by atoms with E-state index in [2.05, 4.69) is 10.3 Å². The van der Waals surface area contributed by atoms with Crippen LogP contribution in [0.2, 0.25) is 5.02 Å². The van der Waals surface area contributed by atoms with Crippen molar-refractivity contribution in [1.29, 1.82) is 10.8 Å². The Balaban J connectivity index is 0.000000501. The van der Waals surface area contributed by atoms with Crippen molar-refractivity contribution in [3.63, 3.8) is 0 Å². The molecule has 10 heteroatoms. The third-order valence-corrected chi connectivity index (χ3v) is 4.60. The van der Waals surface area contributed by atoms with Gasteiger partial charge in [-0.25, -0.2) is 0 Å². The van der Waals surface area contributed by atoms with Gasteiger partial charge in [-0.15, -0.1) is 0 Å². The number of amidine groups is 2. The molecule has 8 nitrogen and oxygen atoms in total. The van der Waals surface area contributed by atoms with E-state index in [-0.39, 0.29) is 24.1 Å². The Hall–Kier alpha value is -3.01. The van der Waals surface area contributed by atoms with Crippen LogP contribution in [0.4, 0.5) is 5.69 Å². The number of rotatable bonds is 3. The minimum atomic E-state index is -1.62. The van der Waals surface area contributed by atoms with Crippen molar-refractivity contribution in [3.8, 4) is 0 Å². The van der Waals surface area contributed by atoms with Crippen molar-refractivity contribution in [2.75, 3.05) is 18.0 Å². The van der Waals surface area contributed by atoms with E-state index in [1.807, 2.05) is 19.1 Å². The lowest BCUT2D eigenvalue weighted by atomic mass is 9.78. The first kappa shape index (κ1) is 24.3. The van der Waals surface area contributed by atoms with Gasteiger partial charge in [0.25, 0.3) is 0 Å². The van der Waals surface area contributed by atoms with Gasteiger partial charge in [-0.05, 0) is 37.5 Å². The molecule has 1 aliphatic rings. The van der Waals surface area contributed by atoms with Gasteiger partial charge in [0.2, 0.25) is 5.91 Å². The average Bonchev–Trinajstić information content (AvgIpc) is 2.84.